The molecule has 3 amide bonds. The van der Waals surface area contributed by atoms with E-state index in [1.54, 1.807) is 31.4 Å². The molecule has 1 spiro atoms. The van der Waals surface area contributed by atoms with E-state index in [1.165, 1.54) is 6.42 Å². The highest BCUT2D eigenvalue weighted by molar-refractivity contribution is 6.03. The number of likely N-dealkylation sites (tertiary alicyclic amines) is 1. The predicted octanol–water partition coefficient (Wildman–Crippen LogP) is 3.81. The SMILES string of the molecule is COc1ccc(NC(=O)[C@@H]2[C@@H]3C=C[C@]4(O3)[C@@H]2C(=O)N([C@H]2CCCC[C@@H]2C)[C@H]4C(=O)NC2CCCCC2)cc1. The Morgan fingerprint density at radius 1 is 1.00 bits per heavy atom. The van der Waals surface area contributed by atoms with E-state index < -0.39 is 29.6 Å². The molecular formula is C30H39N3O5. The second-order valence-electron chi connectivity index (χ2n) is 11.8. The topological polar surface area (TPSA) is 97.0 Å². The fourth-order valence-corrected chi connectivity index (χ4v) is 7.70. The van der Waals surface area contributed by atoms with Crippen LogP contribution >= 0.6 is 0 Å². The maximum absolute atomic E-state index is 14.3. The third kappa shape index (κ3) is 4.12. The van der Waals surface area contributed by atoms with Gasteiger partial charge in [-0.25, -0.2) is 0 Å². The number of hydrogen-bond acceptors (Lipinski definition) is 5. The van der Waals surface area contributed by atoms with E-state index in [1.807, 2.05) is 17.1 Å². The maximum atomic E-state index is 14.3. The Balaban J connectivity index is 1.31. The first-order valence-electron chi connectivity index (χ1n) is 14.4. The number of hydrogen-bond donors (Lipinski definition) is 2. The third-order valence-electron chi connectivity index (χ3n) is 9.60. The van der Waals surface area contributed by atoms with Gasteiger partial charge in [0, 0.05) is 17.8 Å². The van der Waals surface area contributed by atoms with Gasteiger partial charge in [-0.3, -0.25) is 14.4 Å². The summed E-state index contributed by atoms with van der Waals surface area (Å²) in [5, 5.41) is 6.27. The molecule has 0 aromatic heterocycles. The van der Waals surface area contributed by atoms with Crippen LogP contribution < -0.4 is 15.4 Å². The summed E-state index contributed by atoms with van der Waals surface area (Å²) in [6.45, 7) is 2.18. The van der Waals surface area contributed by atoms with Crippen LogP contribution in [-0.2, 0) is 19.1 Å². The van der Waals surface area contributed by atoms with Crippen molar-refractivity contribution < 1.29 is 23.9 Å². The molecule has 8 nitrogen and oxygen atoms in total. The number of carbonyl (C=O) groups excluding carboxylic acids is 3. The fraction of sp³-hybridized carbons (Fsp3) is 0.633. The van der Waals surface area contributed by atoms with Gasteiger partial charge in [-0.05, 0) is 55.9 Å². The van der Waals surface area contributed by atoms with Crippen molar-refractivity contribution in [2.45, 2.75) is 94.5 Å². The van der Waals surface area contributed by atoms with Gasteiger partial charge in [-0.1, -0.05) is 51.2 Å². The van der Waals surface area contributed by atoms with Crippen LogP contribution in [0, 0.1) is 17.8 Å². The molecule has 2 bridgehead atoms. The number of nitrogens with one attached hydrogen (secondary N) is 2. The molecule has 5 aliphatic rings. The Kier molecular flexibility index (Phi) is 6.70. The van der Waals surface area contributed by atoms with Crippen molar-refractivity contribution in [3.8, 4) is 5.75 Å². The standard InChI is InChI=1S/C30H39N3O5/c1-18-8-6-7-11-22(18)33-26(28(35)32-19-9-4-3-5-10-19)30-17-16-23(38-30)24(25(30)29(33)36)27(34)31-20-12-14-21(37-2)15-13-20/h12-19,22-26H,3-11H2,1-2H3,(H,31,34)(H,32,35)/t18-,22-,23-,24+,25-,26-,30-/m0/s1. The zero-order valence-corrected chi connectivity index (χ0v) is 22.4. The summed E-state index contributed by atoms with van der Waals surface area (Å²) >= 11 is 0. The highest BCUT2D eigenvalue weighted by atomic mass is 16.5. The lowest BCUT2D eigenvalue weighted by atomic mass is 9.74. The zero-order valence-electron chi connectivity index (χ0n) is 22.4. The first-order chi connectivity index (χ1) is 18.4. The molecule has 2 saturated carbocycles. The first kappa shape index (κ1) is 25.4. The summed E-state index contributed by atoms with van der Waals surface area (Å²) in [6.07, 6.45) is 12.7. The van der Waals surface area contributed by atoms with E-state index in [9.17, 15) is 14.4 Å². The van der Waals surface area contributed by atoms with Crippen molar-refractivity contribution in [3.63, 3.8) is 0 Å². The number of amides is 3. The average Bonchev–Trinajstić information content (AvgIpc) is 3.57. The number of methoxy groups -OCH3 is 1. The Hall–Kier alpha value is -2.87. The van der Waals surface area contributed by atoms with Crippen LogP contribution in [0.1, 0.15) is 64.7 Å². The summed E-state index contributed by atoms with van der Waals surface area (Å²) in [5.41, 5.74) is -0.481. The monoisotopic (exact) mass is 521 g/mol. The molecule has 1 aromatic carbocycles. The number of ether oxygens (including phenoxy) is 2. The van der Waals surface area contributed by atoms with Crippen LogP contribution in [-0.4, -0.2) is 59.6 Å². The quantitative estimate of drug-likeness (QED) is 0.555. The number of carbonyl (C=O) groups is 3. The van der Waals surface area contributed by atoms with Gasteiger partial charge in [0.2, 0.25) is 17.7 Å². The lowest BCUT2D eigenvalue weighted by Crippen LogP contribution is -2.59. The van der Waals surface area contributed by atoms with Crippen molar-refractivity contribution in [2.75, 3.05) is 12.4 Å². The number of anilines is 1. The smallest absolute Gasteiger partial charge is 0.246 e. The summed E-state index contributed by atoms with van der Waals surface area (Å²) in [7, 11) is 1.59. The van der Waals surface area contributed by atoms with E-state index in [2.05, 4.69) is 17.6 Å². The number of fused-ring (bicyclic) bond motifs is 1. The van der Waals surface area contributed by atoms with Gasteiger partial charge < -0.3 is 25.0 Å². The molecule has 8 heteroatoms. The Bertz CT molecular complexity index is 1110. The van der Waals surface area contributed by atoms with Crippen LogP contribution in [0.5, 0.6) is 5.75 Å². The first-order valence-corrected chi connectivity index (χ1v) is 14.4. The summed E-state index contributed by atoms with van der Waals surface area (Å²) in [6, 6.07) is 6.48. The molecule has 7 atom stereocenters. The lowest BCUT2D eigenvalue weighted by molar-refractivity contribution is -0.146. The van der Waals surface area contributed by atoms with Gasteiger partial charge >= 0.3 is 0 Å². The zero-order chi connectivity index (χ0) is 26.4. The second kappa shape index (κ2) is 10.0. The minimum Gasteiger partial charge on any atom is -0.497 e. The molecule has 6 rings (SSSR count). The van der Waals surface area contributed by atoms with Gasteiger partial charge in [-0.15, -0.1) is 0 Å². The molecule has 3 heterocycles. The molecule has 2 N–H and O–H groups in total. The van der Waals surface area contributed by atoms with Crippen molar-refractivity contribution in [1.82, 2.24) is 10.2 Å². The van der Waals surface area contributed by atoms with E-state index in [0.29, 0.717) is 17.4 Å². The second-order valence-corrected chi connectivity index (χ2v) is 11.8. The Morgan fingerprint density at radius 2 is 1.71 bits per heavy atom. The van der Waals surface area contributed by atoms with E-state index in [0.717, 1.165) is 51.4 Å². The highest BCUT2D eigenvalue weighted by Gasteiger charge is 2.73. The van der Waals surface area contributed by atoms with Crippen LogP contribution in [0.3, 0.4) is 0 Å². The largest absolute Gasteiger partial charge is 0.497 e. The van der Waals surface area contributed by atoms with E-state index in [-0.39, 0.29) is 29.8 Å². The Morgan fingerprint density at radius 3 is 2.42 bits per heavy atom. The van der Waals surface area contributed by atoms with Gasteiger partial charge in [-0.2, -0.15) is 0 Å². The third-order valence-corrected chi connectivity index (χ3v) is 9.60. The van der Waals surface area contributed by atoms with Crippen LogP contribution in [0.15, 0.2) is 36.4 Å². The molecule has 0 radical (unpaired) electrons. The van der Waals surface area contributed by atoms with Crippen LogP contribution in [0.2, 0.25) is 0 Å². The molecule has 0 unspecified atom stereocenters. The minimum absolute atomic E-state index is 0.0281. The molecule has 2 saturated heterocycles. The lowest BCUT2D eigenvalue weighted by Gasteiger charge is -2.42. The van der Waals surface area contributed by atoms with E-state index in [4.69, 9.17) is 9.47 Å². The van der Waals surface area contributed by atoms with Crippen molar-refractivity contribution in [1.29, 1.82) is 0 Å². The normalized spacial score (nSPS) is 36.3. The molecule has 3 aliphatic heterocycles. The molecule has 204 valence electrons. The van der Waals surface area contributed by atoms with E-state index >= 15 is 0 Å². The fourth-order valence-electron chi connectivity index (χ4n) is 7.70. The molecule has 38 heavy (non-hydrogen) atoms. The van der Waals surface area contributed by atoms with Gasteiger partial charge in [0.05, 0.1) is 25.0 Å². The molecular weight excluding hydrogens is 482 g/mol. The summed E-state index contributed by atoms with van der Waals surface area (Å²) in [5.74, 6) is -0.921. The number of rotatable bonds is 6. The van der Waals surface area contributed by atoms with Crippen molar-refractivity contribution in [3.05, 3.63) is 36.4 Å². The van der Waals surface area contributed by atoms with Gasteiger partial charge in [0.25, 0.3) is 0 Å². The predicted molar refractivity (Wildman–Crippen MR) is 142 cm³/mol. The van der Waals surface area contributed by atoms with Crippen LogP contribution in [0.4, 0.5) is 5.69 Å². The Labute approximate surface area is 224 Å². The van der Waals surface area contributed by atoms with Crippen LogP contribution in [0.25, 0.3) is 0 Å². The van der Waals surface area contributed by atoms with Crippen molar-refractivity contribution in [2.24, 2.45) is 17.8 Å². The molecule has 1 aromatic rings. The van der Waals surface area contributed by atoms with Gasteiger partial charge in [0.1, 0.15) is 17.4 Å². The number of benzene rings is 1. The van der Waals surface area contributed by atoms with Gasteiger partial charge in [0.15, 0.2) is 0 Å². The summed E-state index contributed by atoms with van der Waals surface area (Å²) in [4.78, 5) is 43.8. The minimum atomic E-state index is -1.11. The summed E-state index contributed by atoms with van der Waals surface area (Å²) < 4.78 is 11.7. The number of nitrogens with zero attached hydrogens (tertiary/aromatic N) is 1. The maximum Gasteiger partial charge on any atom is 0.246 e. The highest BCUT2D eigenvalue weighted by Crippen LogP contribution is 2.56. The average molecular weight is 522 g/mol. The molecule has 2 aliphatic carbocycles. The van der Waals surface area contributed by atoms with Crippen molar-refractivity contribution >= 4 is 23.4 Å². The molecule has 4 fully saturated rings.